The Morgan fingerprint density at radius 1 is 1.27 bits per heavy atom. The molecule has 0 saturated carbocycles. The number of hydrogen-bond acceptors (Lipinski definition) is 9. The number of aliphatic carboxylic acids is 1. The van der Waals surface area contributed by atoms with Crippen molar-refractivity contribution in [3.8, 4) is 0 Å². The Kier molecular flexibility index (Phi) is 14.1. The summed E-state index contributed by atoms with van der Waals surface area (Å²) in [6, 6.07) is 5.82. The molecule has 1 saturated heterocycles. The topological polar surface area (TPSA) is 113 Å². The molecular formula is C26H32ClF3N4O5S. The molecule has 1 aromatic heterocycles. The van der Waals surface area contributed by atoms with Crippen molar-refractivity contribution < 1.29 is 37.3 Å². The number of amidine groups is 1. The monoisotopic (exact) mass is 604 g/mol. The van der Waals surface area contributed by atoms with Crippen LogP contribution in [0.2, 0.25) is 5.02 Å². The number of rotatable bonds is 8. The van der Waals surface area contributed by atoms with E-state index in [9.17, 15) is 22.8 Å². The highest BCUT2D eigenvalue weighted by molar-refractivity contribution is 7.11. The number of carboxylic acid groups (broad SMARTS) is 1. The zero-order valence-corrected chi connectivity index (χ0v) is 23.7. The molecule has 9 nitrogen and oxygen atoms in total. The van der Waals surface area contributed by atoms with Crippen molar-refractivity contribution in [2.45, 2.75) is 32.6 Å². The first-order valence-corrected chi connectivity index (χ1v) is 13.7. The Hall–Kier alpha value is -3.00. The second-order valence-electron chi connectivity index (χ2n) is 8.41. The summed E-state index contributed by atoms with van der Waals surface area (Å²) in [5.74, 6) is -4.37. The number of morpholine rings is 1. The van der Waals surface area contributed by atoms with Gasteiger partial charge in [-0.25, -0.2) is 22.9 Å². The molecule has 0 spiro atoms. The fourth-order valence-electron chi connectivity index (χ4n) is 3.30. The number of alkyl halides is 2. The van der Waals surface area contributed by atoms with E-state index in [1.54, 1.807) is 25.3 Å². The van der Waals surface area contributed by atoms with Crippen LogP contribution in [0.4, 0.5) is 13.2 Å². The number of carbonyl (C=O) groups is 2. The number of aliphatic imine (C=N–C) groups is 1. The molecule has 0 amide bonds. The van der Waals surface area contributed by atoms with Crippen molar-refractivity contribution in [3.63, 3.8) is 0 Å². The number of hydrogen-bond donors (Lipinski definition) is 2. The molecule has 3 heterocycles. The average Bonchev–Trinajstić information content (AvgIpc) is 3.45. The van der Waals surface area contributed by atoms with Crippen LogP contribution in [0.5, 0.6) is 0 Å². The number of thiazole rings is 1. The van der Waals surface area contributed by atoms with Crippen LogP contribution in [0, 0.1) is 5.82 Å². The maximum atomic E-state index is 12.2. The van der Waals surface area contributed by atoms with E-state index < -0.39 is 24.7 Å². The van der Waals surface area contributed by atoms with Crippen LogP contribution in [0.1, 0.15) is 31.7 Å². The van der Waals surface area contributed by atoms with Gasteiger partial charge in [-0.15, -0.1) is 11.3 Å². The molecule has 40 heavy (non-hydrogen) atoms. The highest BCUT2D eigenvalue weighted by Gasteiger charge is 2.29. The standard InChI is InChI=1S/C15H20N4O3S.C6H4ClF.C5H8F2O2/c1-2-22-15(20)11-9-17-13(14-16-3-8-23-14)18-12(11)10-19-4-6-21-7-5-19;7-5-2-1-3-6(8)4-5;1-2-5(6,7)3-4(8)9/h3,8H,2,4-7,9-10H2,1H3,(H,17,18);1-4H;2-3H2,1H3,(H,8,9). The first-order chi connectivity index (χ1) is 19.0. The summed E-state index contributed by atoms with van der Waals surface area (Å²) in [6.45, 7) is 7.53. The first kappa shape index (κ1) is 33.2. The molecule has 0 bridgehead atoms. The van der Waals surface area contributed by atoms with Crippen molar-refractivity contribution in [3.05, 3.63) is 63.0 Å². The number of benzene rings is 1. The minimum atomic E-state index is -3.04. The molecule has 2 aliphatic heterocycles. The normalized spacial score (nSPS) is 15.5. The zero-order valence-electron chi connectivity index (χ0n) is 22.2. The summed E-state index contributed by atoms with van der Waals surface area (Å²) in [5, 5.41) is 14.4. The van der Waals surface area contributed by atoms with Crippen LogP contribution in [0.3, 0.4) is 0 Å². The number of esters is 1. The molecule has 4 rings (SSSR count). The lowest BCUT2D eigenvalue weighted by Crippen LogP contribution is -2.43. The van der Waals surface area contributed by atoms with Crippen LogP contribution in [0.25, 0.3) is 0 Å². The van der Waals surface area contributed by atoms with Gasteiger partial charge in [0.1, 0.15) is 12.2 Å². The fourth-order valence-corrected chi connectivity index (χ4v) is 4.08. The summed E-state index contributed by atoms with van der Waals surface area (Å²) >= 11 is 6.93. The van der Waals surface area contributed by atoms with Gasteiger partial charge in [-0.2, -0.15) is 0 Å². The second-order valence-corrected chi connectivity index (χ2v) is 9.74. The number of ether oxygens (including phenoxy) is 2. The molecule has 2 aliphatic rings. The van der Waals surface area contributed by atoms with Crippen molar-refractivity contribution in [1.82, 2.24) is 15.2 Å². The Morgan fingerprint density at radius 2 is 2.00 bits per heavy atom. The van der Waals surface area contributed by atoms with Gasteiger partial charge in [-0.3, -0.25) is 14.7 Å². The van der Waals surface area contributed by atoms with Gasteiger partial charge in [-0.1, -0.05) is 24.6 Å². The van der Waals surface area contributed by atoms with Gasteiger partial charge in [0.25, 0.3) is 5.92 Å². The summed E-state index contributed by atoms with van der Waals surface area (Å²) in [6.07, 6.45) is 0.263. The second kappa shape index (κ2) is 17.0. The van der Waals surface area contributed by atoms with Crippen molar-refractivity contribution >= 4 is 40.7 Å². The highest BCUT2D eigenvalue weighted by atomic mass is 35.5. The maximum absolute atomic E-state index is 12.2. The maximum Gasteiger partial charge on any atom is 0.337 e. The molecular weight excluding hydrogens is 573 g/mol. The van der Waals surface area contributed by atoms with Crippen molar-refractivity contribution in [2.75, 3.05) is 46.0 Å². The Balaban J connectivity index is 0.000000270. The predicted octanol–water partition coefficient (Wildman–Crippen LogP) is 4.63. The lowest BCUT2D eigenvalue weighted by Gasteiger charge is -2.30. The van der Waals surface area contributed by atoms with E-state index >= 15 is 0 Å². The molecule has 220 valence electrons. The van der Waals surface area contributed by atoms with E-state index in [4.69, 9.17) is 26.2 Å². The van der Waals surface area contributed by atoms with Crippen LogP contribution in [0.15, 0.2) is 52.1 Å². The lowest BCUT2D eigenvalue weighted by atomic mass is 10.1. The quantitative estimate of drug-likeness (QED) is 0.420. The Morgan fingerprint density at radius 3 is 2.50 bits per heavy atom. The smallest absolute Gasteiger partial charge is 0.337 e. The molecule has 0 radical (unpaired) electrons. The van der Waals surface area contributed by atoms with E-state index in [1.807, 2.05) is 5.38 Å². The fraction of sp³-hybridized carbons (Fsp3) is 0.462. The number of nitrogens with one attached hydrogen (secondary N) is 1. The third kappa shape index (κ3) is 12.0. The molecule has 2 N–H and O–H groups in total. The SMILES string of the molecule is CCC(F)(F)CC(=O)O.CCOC(=O)C1=C(CN2CCOCC2)NC(c2nccs2)=NC1.Fc1cccc(Cl)c1. The summed E-state index contributed by atoms with van der Waals surface area (Å²) in [7, 11) is 0. The number of carbonyl (C=O) groups excluding carboxylic acids is 1. The van der Waals surface area contributed by atoms with Gasteiger partial charge in [-0.05, 0) is 25.1 Å². The number of nitrogens with zero attached hydrogens (tertiary/aromatic N) is 3. The molecule has 2 aromatic rings. The Labute approximate surface area is 239 Å². The van der Waals surface area contributed by atoms with Gasteiger partial charge in [0, 0.05) is 48.4 Å². The first-order valence-electron chi connectivity index (χ1n) is 12.5. The third-order valence-corrected chi connectivity index (χ3v) is 6.40. The van der Waals surface area contributed by atoms with E-state index in [2.05, 4.69) is 20.2 Å². The van der Waals surface area contributed by atoms with Crippen LogP contribution >= 0.6 is 22.9 Å². The van der Waals surface area contributed by atoms with Crippen LogP contribution in [-0.4, -0.2) is 84.7 Å². The van der Waals surface area contributed by atoms with Gasteiger partial charge >= 0.3 is 11.9 Å². The van der Waals surface area contributed by atoms with E-state index in [0.29, 0.717) is 30.3 Å². The Bertz CT molecular complexity index is 1140. The zero-order chi connectivity index (χ0) is 29.5. The predicted molar refractivity (Wildman–Crippen MR) is 146 cm³/mol. The largest absolute Gasteiger partial charge is 0.481 e. The van der Waals surface area contributed by atoms with E-state index in [0.717, 1.165) is 42.8 Å². The van der Waals surface area contributed by atoms with Crippen molar-refractivity contribution in [1.29, 1.82) is 0 Å². The van der Waals surface area contributed by atoms with Gasteiger partial charge in [0.2, 0.25) is 0 Å². The van der Waals surface area contributed by atoms with Crippen LogP contribution in [-0.2, 0) is 19.1 Å². The van der Waals surface area contributed by atoms with Crippen LogP contribution < -0.4 is 5.32 Å². The number of carboxylic acids is 1. The summed E-state index contributed by atoms with van der Waals surface area (Å²) in [5.41, 5.74) is 1.45. The number of halogens is 4. The third-order valence-electron chi connectivity index (χ3n) is 5.38. The number of aromatic nitrogens is 1. The summed E-state index contributed by atoms with van der Waals surface area (Å²) < 4.78 is 46.7. The molecule has 0 atom stereocenters. The molecule has 14 heteroatoms. The molecule has 1 aromatic carbocycles. The summed E-state index contributed by atoms with van der Waals surface area (Å²) in [4.78, 5) is 32.9. The highest BCUT2D eigenvalue weighted by Crippen LogP contribution is 2.21. The van der Waals surface area contributed by atoms with Gasteiger partial charge in [0.05, 0.1) is 31.9 Å². The average molecular weight is 605 g/mol. The lowest BCUT2D eigenvalue weighted by molar-refractivity contribution is -0.145. The van der Waals surface area contributed by atoms with E-state index in [1.165, 1.54) is 30.4 Å². The minimum absolute atomic E-state index is 0.294. The molecule has 0 aliphatic carbocycles. The van der Waals surface area contributed by atoms with Gasteiger partial charge < -0.3 is 19.9 Å². The molecule has 1 fully saturated rings. The van der Waals surface area contributed by atoms with Gasteiger partial charge in [0.15, 0.2) is 10.8 Å². The molecule has 0 unspecified atom stereocenters. The minimum Gasteiger partial charge on any atom is -0.481 e. The van der Waals surface area contributed by atoms with E-state index in [-0.39, 0.29) is 11.8 Å². The van der Waals surface area contributed by atoms with Crippen molar-refractivity contribution in [2.24, 2.45) is 4.99 Å².